The van der Waals surface area contributed by atoms with Gasteiger partial charge in [0, 0.05) is 24.3 Å². The van der Waals surface area contributed by atoms with Crippen LogP contribution in [-0.4, -0.2) is 18.1 Å². The second-order valence-corrected chi connectivity index (χ2v) is 12.6. The molecule has 47 heavy (non-hydrogen) atoms. The quantitative estimate of drug-likeness (QED) is 0.134. The van der Waals surface area contributed by atoms with E-state index in [1.54, 1.807) is 16.7 Å². The van der Waals surface area contributed by atoms with Gasteiger partial charge in [-0.3, -0.25) is 9.59 Å². The number of nitrogens with zero attached hydrogens (tertiary/aromatic N) is 1. The SMILES string of the molecule is CSc1ccc(-c2ccc(CN(C(=O)CCC(=O)NC3CCc4ccccc43)c3ccccc3Oc3cccc(CN)c3)cc2)cc1. The molecule has 0 aliphatic heterocycles. The monoisotopic (exact) mass is 641 g/mol. The molecule has 0 fully saturated rings. The summed E-state index contributed by atoms with van der Waals surface area (Å²) >= 11 is 1.72. The molecule has 3 N–H and O–H groups in total. The number of fused-ring (bicyclic) bond motifs is 1. The summed E-state index contributed by atoms with van der Waals surface area (Å²) in [6.45, 7) is 0.723. The van der Waals surface area contributed by atoms with Crippen LogP contribution in [0.5, 0.6) is 11.5 Å². The summed E-state index contributed by atoms with van der Waals surface area (Å²) in [6.07, 6.45) is 4.05. The maximum absolute atomic E-state index is 14.0. The van der Waals surface area contributed by atoms with Crippen LogP contribution in [0.25, 0.3) is 11.1 Å². The molecule has 1 aliphatic rings. The molecule has 5 aromatic carbocycles. The lowest BCUT2D eigenvalue weighted by Gasteiger charge is -2.26. The van der Waals surface area contributed by atoms with Crippen LogP contribution in [0.3, 0.4) is 0 Å². The molecule has 7 heteroatoms. The fourth-order valence-electron chi connectivity index (χ4n) is 6.03. The maximum Gasteiger partial charge on any atom is 0.227 e. The minimum atomic E-state index is -0.157. The fourth-order valence-corrected chi connectivity index (χ4v) is 6.44. The van der Waals surface area contributed by atoms with Crippen molar-refractivity contribution in [3.63, 3.8) is 0 Å². The lowest BCUT2D eigenvalue weighted by molar-refractivity contribution is -0.125. The van der Waals surface area contributed by atoms with Crippen LogP contribution in [-0.2, 0) is 29.1 Å². The normalized spacial score (nSPS) is 13.5. The Hall–Kier alpha value is -4.85. The van der Waals surface area contributed by atoms with Gasteiger partial charge in [-0.2, -0.15) is 0 Å². The molecule has 1 atom stereocenters. The predicted molar refractivity (Wildman–Crippen MR) is 191 cm³/mol. The zero-order chi connectivity index (χ0) is 32.6. The number of aryl methyl sites for hydroxylation is 1. The Balaban J connectivity index is 1.22. The third-order valence-corrected chi connectivity index (χ3v) is 9.31. The Bertz CT molecular complexity index is 1840. The van der Waals surface area contributed by atoms with Crippen molar-refractivity contribution in [3.8, 4) is 22.6 Å². The van der Waals surface area contributed by atoms with E-state index in [-0.39, 0.29) is 30.7 Å². The molecule has 5 aromatic rings. The van der Waals surface area contributed by atoms with Crippen molar-refractivity contribution in [1.29, 1.82) is 0 Å². The van der Waals surface area contributed by atoms with Gasteiger partial charge in [-0.1, -0.05) is 84.9 Å². The summed E-state index contributed by atoms with van der Waals surface area (Å²) in [6, 6.07) is 40.1. The highest BCUT2D eigenvalue weighted by Crippen LogP contribution is 2.35. The van der Waals surface area contributed by atoms with Gasteiger partial charge in [0.25, 0.3) is 0 Å². The molecule has 238 valence electrons. The van der Waals surface area contributed by atoms with E-state index in [1.165, 1.54) is 16.0 Å². The molecule has 1 aliphatic carbocycles. The van der Waals surface area contributed by atoms with Crippen molar-refractivity contribution in [3.05, 3.63) is 144 Å². The number of benzene rings is 5. The minimum Gasteiger partial charge on any atom is -0.455 e. The van der Waals surface area contributed by atoms with Gasteiger partial charge in [0.1, 0.15) is 5.75 Å². The van der Waals surface area contributed by atoms with Crippen molar-refractivity contribution in [2.24, 2.45) is 5.73 Å². The van der Waals surface area contributed by atoms with Gasteiger partial charge < -0.3 is 20.7 Å². The number of nitrogens with one attached hydrogen (secondary N) is 1. The van der Waals surface area contributed by atoms with Crippen molar-refractivity contribution >= 4 is 29.3 Å². The number of ether oxygens (including phenoxy) is 1. The minimum absolute atomic E-state index is 0.0150. The summed E-state index contributed by atoms with van der Waals surface area (Å²) in [4.78, 5) is 30.1. The number of carbonyl (C=O) groups is 2. The molecule has 0 heterocycles. The van der Waals surface area contributed by atoms with Crippen LogP contribution in [0.2, 0.25) is 0 Å². The molecular formula is C40H39N3O3S. The number of anilines is 1. The molecule has 6 rings (SSSR count). The van der Waals surface area contributed by atoms with Gasteiger partial charge >= 0.3 is 0 Å². The lowest BCUT2D eigenvalue weighted by atomic mass is 10.0. The van der Waals surface area contributed by atoms with Crippen molar-refractivity contribution < 1.29 is 14.3 Å². The van der Waals surface area contributed by atoms with E-state index in [9.17, 15) is 9.59 Å². The number of hydrogen-bond acceptors (Lipinski definition) is 5. The molecule has 1 unspecified atom stereocenters. The van der Waals surface area contributed by atoms with Crippen LogP contribution < -0.4 is 20.7 Å². The van der Waals surface area contributed by atoms with Crippen LogP contribution in [0.15, 0.2) is 126 Å². The van der Waals surface area contributed by atoms with E-state index in [4.69, 9.17) is 10.5 Å². The molecule has 2 amide bonds. The van der Waals surface area contributed by atoms with Crippen molar-refractivity contribution in [2.75, 3.05) is 11.2 Å². The standard InChI is InChI=1S/C40H39N3O3S/c1-47-34-20-17-31(18-21-34)30-15-13-28(14-16-30)27-43(37-11-4-5-12-38(37)46-33-9-6-7-29(25-33)26-41)40(45)24-23-39(44)42-36-22-19-32-8-2-3-10-35(32)36/h2-18,20-21,25,36H,19,22-24,26-27,41H2,1H3,(H,42,44). The van der Waals surface area contributed by atoms with Crippen LogP contribution in [0.1, 0.15) is 47.6 Å². The van der Waals surface area contributed by atoms with Crippen LogP contribution in [0.4, 0.5) is 5.69 Å². The number of para-hydroxylation sites is 2. The molecule has 0 bridgehead atoms. The first-order valence-electron chi connectivity index (χ1n) is 16.0. The van der Waals surface area contributed by atoms with E-state index in [0.29, 0.717) is 30.3 Å². The first-order chi connectivity index (χ1) is 23.0. The van der Waals surface area contributed by atoms with Crippen molar-refractivity contribution in [2.45, 2.75) is 49.7 Å². The molecular weight excluding hydrogens is 603 g/mol. The Labute approximate surface area is 281 Å². The third-order valence-electron chi connectivity index (χ3n) is 8.57. The van der Waals surface area contributed by atoms with Gasteiger partial charge in [-0.15, -0.1) is 11.8 Å². The second kappa shape index (κ2) is 15.2. The summed E-state index contributed by atoms with van der Waals surface area (Å²) in [5.41, 5.74) is 13.1. The fraction of sp³-hybridized carbons (Fsp3) is 0.200. The third kappa shape index (κ3) is 7.94. The summed E-state index contributed by atoms with van der Waals surface area (Å²) in [5.74, 6) is 0.906. The Morgan fingerprint density at radius 3 is 2.32 bits per heavy atom. The van der Waals surface area contributed by atoms with Crippen molar-refractivity contribution in [1.82, 2.24) is 5.32 Å². The maximum atomic E-state index is 14.0. The molecule has 0 saturated heterocycles. The number of carbonyl (C=O) groups excluding carboxylic acids is 2. The highest BCUT2D eigenvalue weighted by Gasteiger charge is 2.25. The highest BCUT2D eigenvalue weighted by molar-refractivity contribution is 7.98. The van der Waals surface area contributed by atoms with E-state index >= 15 is 0 Å². The average Bonchev–Trinajstić information content (AvgIpc) is 3.52. The van der Waals surface area contributed by atoms with E-state index in [0.717, 1.165) is 35.1 Å². The average molecular weight is 642 g/mol. The zero-order valence-corrected chi connectivity index (χ0v) is 27.3. The summed E-state index contributed by atoms with van der Waals surface area (Å²) < 4.78 is 6.33. The van der Waals surface area contributed by atoms with E-state index < -0.39 is 0 Å². The Kier molecular flexibility index (Phi) is 10.4. The van der Waals surface area contributed by atoms with E-state index in [2.05, 4.69) is 72.2 Å². The number of thioether (sulfide) groups is 1. The van der Waals surface area contributed by atoms with Gasteiger partial charge in [0.05, 0.1) is 18.3 Å². The number of amides is 2. The smallest absolute Gasteiger partial charge is 0.227 e. The second-order valence-electron chi connectivity index (χ2n) is 11.7. The van der Waals surface area contributed by atoms with Crippen LogP contribution >= 0.6 is 11.8 Å². The zero-order valence-electron chi connectivity index (χ0n) is 26.5. The molecule has 0 aromatic heterocycles. The first kappa shape index (κ1) is 32.1. The number of hydrogen-bond donors (Lipinski definition) is 2. The Morgan fingerprint density at radius 1 is 0.830 bits per heavy atom. The topological polar surface area (TPSA) is 84.7 Å². The highest BCUT2D eigenvalue weighted by atomic mass is 32.2. The Morgan fingerprint density at radius 2 is 1.55 bits per heavy atom. The largest absolute Gasteiger partial charge is 0.455 e. The van der Waals surface area contributed by atoms with Gasteiger partial charge in [0.15, 0.2) is 5.75 Å². The van der Waals surface area contributed by atoms with Gasteiger partial charge in [-0.25, -0.2) is 0 Å². The summed E-state index contributed by atoms with van der Waals surface area (Å²) in [5, 5.41) is 3.16. The van der Waals surface area contributed by atoms with Gasteiger partial charge in [0.2, 0.25) is 11.8 Å². The predicted octanol–water partition coefficient (Wildman–Crippen LogP) is 8.44. The lowest BCUT2D eigenvalue weighted by Crippen LogP contribution is -2.33. The molecule has 6 nitrogen and oxygen atoms in total. The molecule has 0 spiro atoms. The molecule has 0 saturated carbocycles. The van der Waals surface area contributed by atoms with E-state index in [1.807, 2.05) is 60.7 Å². The number of rotatable bonds is 12. The molecule has 0 radical (unpaired) electrons. The van der Waals surface area contributed by atoms with Gasteiger partial charge in [-0.05, 0) is 88.9 Å². The summed E-state index contributed by atoms with van der Waals surface area (Å²) in [7, 11) is 0. The van der Waals surface area contributed by atoms with Crippen LogP contribution in [0, 0.1) is 0 Å². The first-order valence-corrected chi connectivity index (χ1v) is 17.2. The number of nitrogens with two attached hydrogens (primary N) is 1.